The van der Waals surface area contributed by atoms with E-state index >= 15 is 0 Å². The topological polar surface area (TPSA) is 29.1 Å². The Morgan fingerprint density at radius 1 is 1.35 bits per heavy atom. The largest absolute Gasteiger partial charge is 0.353 e. The Morgan fingerprint density at radius 2 is 2.12 bits per heavy atom. The van der Waals surface area contributed by atoms with Gasteiger partial charge in [0.05, 0.1) is 0 Å². The van der Waals surface area contributed by atoms with Gasteiger partial charge in [0.15, 0.2) is 0 Å². The summed E-state index contributed by atoms with van der Waals surface area (Å²) in [4.78, 5) is 11.6. The predicted octanol–water partition coefficient (Wildman–Crippen LogP) is 3.86. The average molecular weight is 275 g/mol. The maximum absolute atomic E-state index is 11.6. The van der Waals surface area contributed by atoms with Gasteiger partial charge in [-0.3, -0.25) is 4.79 Å². The van der Waals surface area contributed by atoms with Gasteiger partial charge in [0.2, 0.25) is 5.91 Å². The Labute approximate surface area is 113 Å². The zero-order chi connectivity index (χ0) is 12.7. The minimum Gasteiger partial charge on any atom is -0.353 e. The summed E-state index contributed by atoms with van der Waals surface area (Å²) in [5.41, 5.74) is 0. The summed E-state index contributed by atoms with van der Waals surface area (Å²) in [7, 11) is 4.03. The van der Waals surface area contributed by atoms with Crippen LogP contribution >= 0.6 is 21.6 Å². The average Bonchev–Trinajstić information content (AvgIpc) is 2.77. The molecule has 2 unspecified atom stereocenters. The smallest absolute Gasteiger partial charge is 0.220 e. The van der Waals surface area contributed by atoms with Crippen LogP contribution in [0.2, 0.25) is 0 Å². The first-order valence-corrected chi connectivity index (χ1v) is 9.05. The minimum atomic E-state index is 0.222. The van der Waals surface area contributed by atoms with E-state index < -0.39 is 0 Å². The highest BCUT2D eigenvalue weighted by molar-refractivity contribution is 8.77. The number of rotatable bonds is 7. The van der Waals surface area contributed by atoms with Crippen LogP contribution in [0.4, 0.5) is 0 Å². The van der Waals surface area contributed by atoms with Crippen molar-refractivity contribution in [1.29, 1.82) is 0 Å². The van der Waals surface area contributed by atoms with E-state index in [0.717, 1.165) is 11.7 Å². The summed E-state index contributed by atoms with van der Waals surface area (Å²) in [6.07, 6.45) is 5.57. The Bertz CT molecular complexity index is 227. The van der Waals surface area contributed by atoms with Gasteiger partial charge < -0.3 is 5.32 Å². The maximum atomic E-state index is 11.6. The third-order valence-corrected chi connectivity index (χ3v) is 6.30. The quantitative estimate of drug-likeness (QED) is 0.565. The third kappa shape index (κ3) is 6.61. The molecule has 1 N–H and O–H groups in total. The maximum Gasteiger partial charge on any atom is 0.220 e. The molecule has 1 fully saturated rings. The summed E-state index contributed by atoms with van der Waals surface area (Å²) in [6.45, 7) is 6.36. The lowest BCUT2D eigenvalue weighted by Crippen LogP contribution is -2.35. The molecule has 100 valence electrons. The lowest BCUT2D eigenvalue weighted by atomic mass is 10.1. The fourth-order valence-corrected chi connectivity index (χ4v) is 4.74. The molecule has 1 aliphatic rings. The van der Waals surface area contributed by atoms with Crippen LogP contribution < -0.4 is 5.32 Å². The fraction of sp³-hybridized carbons (Fsp3) is 0.923. The molecule has 1 heterocycles. The molecule has 1 aliphatic heterocycles. The molecular weight excluding hydrogens is 250 g/mol. The summed E-state index contributed by atoms with van der Waals surface area (Å²) in [5, 5.41) is 3.90. The van der Waals surface area contributed by atoms with Crippen molar-refractivity contribution >= 4 is 27.5 Å². The zero-order valence-corrected chi connectivity index (χ0v) is 12.8. The van der Waals surface area contributed by atoms with Crippen LogP contribution in [0.25, 0.3) is 0 Å². The van der Waals surface area contributed by atoms with Gasteiger partial charge in [-0.15, -0.1) is 0 Å². The first-order valence-electron chi connectivity index (χ1n) is 6.67. The van der Waals surface area contributed by atoms with E-state index in [1.54, 1.807) is 0 Å². The molecule has 1 amide bonds. The van der Waals surface area contributed by atoms with Crippen LogP contribution in [0.3, 0.4) is 0 Å². The molecule has 0 aliphatic carbocycles. The van der Waals surface area contributed by atoms with Crippen molar-refractivity contribution < 1.29 is 4.79 Å². The third-order valence-electron chi connectivity index (χ3n) is 3.30. The highest BCUT2D eigenvalue weighted by atomic mass is 33.1. The molecule has 2 nitrogen and oxygen atoms in total. The van der Waals surface area contributed by atoms with Gasteiger partial charge in [-0.05, 0) is 32.1 Å². The van der Waals surface area contributed by atoms with Crippen molar-refractivity contribution in [2.75, 3.05) is 5.75 Å². The van der Waals surface area contributed by atoms with Gasteiger partial charge in [-0.2, -0.15) is 0 Å². The second kappa shape index (κ2) is 8.30. The monoisotopic (exact) mass is 275 g/mol. The van der Waals surface area contributed by atoms with E-state index in [4.69, 9.17) is 0 Å². The molecule has 2 atom stereocenters. The summed E-state index contributed by atoms with van der Waals surface area (Å²) in [5.74, 6) is 2.05. The second-order valence-electron chi connectivity index (χ2n) is 5.17. The van der Waals surface area contributed by atoms with E-state index in [1.165, 1.54) is 25.0 Å². The van der Waals surface area contributed by atoms with Crippen molar-refractivity contribution in [1.82, 2.24) is 5.32 Å². The van der Waals surface area contributed by atoms with Crippen molar-refractivity contribution in [2.45, 2.75) is 64.2 Å². The molecule has 1 saturated heterocycles. The van der Waals surface area contributed by atoms with Crippen LogP contribution in [0, 0.1) is 5.92 Å². The number of amides is 1. The van der Waals surface area contributed by atoms with Crippen molar-refractivity contribution in [3.8, 4) is 0 Å². The first-order chi connectivity index (χ1) is 8.09. The van der Waals surface area contributed by atoms with Crippen LogP contribution in [0.15, 0.2) is 0 Å². The number of hydrogen-bond donors (Lipinski definition) is 1. The number of nitrogens with one attached hydrogen (secondary N) is 1. The molecule has 1 rings (SSSR count). The van der Waals surface area contributed by atoms with Crippen molar-refractivity contribution in [3.05, 3.63) is 0 Å². The van der Waals surface area contributed by atoms with Gasteiger partial charge in [-0.25, -0.2) is 0 Å². The molecule has 0 saturated carbocycles. The number of unbranched alkanes of at least 4 members (excludes halogenated alkanes) is 1. The molecule has 17 heavy (non-hydrogen) atoms. The van der Waals surface area contributed by atoms with Gasteiger partial charge in [0, 0.05) is 23.5 Å². The van der Waals surface area contributed by atoms with Crippen LogP contribution in [0.1, 0.15) is 52.9 Å². The summed E-state index contributed by atoms with van der Waals surface area (Å²) in [6, 6.07) is 0.296. The van der Waals surface area contributed by atoms with Gasteiger partial charge >= 0.3 is 0 Å². The Balaban J connectivity index is 1.99. The van der Waals surface area contributed by atoms with Gasteiger partial charge in [0.25, 0.3) is 0 Å². The van der Waals surface area contributed by atoms with Crippen LogP contribution in [-0.2, 0) is 4.79 Å². The summed E-state index contributed by atoms with van der Waals surface area (Å²) < 4.78 is 0. The molecule has 0 aromatic carbocycles. The molecule has 0 bridgehead atoms. The molecule has 0 aromatic rings. The molecule has 0 spiro atoms. The van der Waals surface area contributed by atoms with Crippen molar-refractivity contribution in [2.24, 2.45) is 5.92 Å². The number of carbonyl (C=O) groups is 1. The summed E-state index contributed by atoms with van der Waals surface area (Å²) >= 11 is 0. The molecular formula is C13H25NOS2. The van der Waals surface area contributed by atoms with E-state index in [1.807, 2.05) is 21.6 Å². The fourth-order valence-electron chi connectivity index (χ4n) is 1.71. The lowest BCUT2D eigenvalue weighted by molar-refractivity contribution is -0.122. The first kappa shape index (κ1) is 15.2. The Morgan fingerprint density at radius 3 is 2.71 bits per heavy atom. The van der Waals surface area contributed by atoms with E-state index in [2.05, 4.69) is 26.1 Å². The van der Waals surface area contributed by atoms with Crippen LogP contribution in [0.5, 0.6) is 0 Å². The Hall–Kier alpha value is 0.170. The SMILES string of the molecule is CC(C)C(C)NC(=O)CCCCC1CCSS1. The highest BCUT2D eigenvalue weighted by Gasteiger charge is 2.16. The second-order valence-corrected chi connectivity index (χ2v) is 7.96. The predicted molar refractivity (Wildman–Crippen MR) is 79.4 cm³/mol. The normalized spacial score (nSPS) is 21.8. The van der Waals surface area contributed by atoms with E-state index in [0.29, 0.717) is 18.4 Å². The molecule has 0 radical (unpaired) electrons. The minimum absolute atomic E-state index is 0.222. The van der Waals surface area contributed by atoms with Crippen molar-refractivity contribution in [3.63, 3.8) is 0 Å². The number of carbonyl (C=O) groups excluding carboxylic acids is 1. The molecule has 4 heteroatoms. The highest BCUT2D eigenvalue weighted by Crippen LogP contribution is 2.39. The number of hydrogen-bond acceptors (Lipinski definition) is 3. The lowest BCUT2D eigenvalue weighted by Gasteiger charge is -2.17. The van der Waals surface area contributed by atoms with E-state index in [-0.39, 0.29) is 5.91 Å². The van der Waals surface area contributed by atoms with Gasteiger partial charge in [0.1, 0.15) is 0 Å². The zero-order valence-electron chi connectivity index (χ0n) is 11.2. The molecule has 0 aromatic heterocycles. The van der Waals surface area contributed by atoms with Gasteiger partial charge in [-0.1, -0.05) is 41.9 Å². The van der Waals surface area contributed by atoms with E-state index in [9.17, 15) is 4.79 Å². The van der Waals surface area contributed by atoms with Crippen LogP contribution in [-0.4, -0.2) is 23.0 Å². The Kier molecular flexibility index (Phi) is 7.44. The standard InChI is InChI=1S/C13H25NOS2/c1-10(2)11(3)14-13(15)7-5-4-6-12-8-9-16-17-12/h10-12H,4-9H2,1-3H3,(H,14,15).